The van der Waals surface area contributed by atoms with Gasteiger partial charge < -0.3 is 4.74 Å². The molecule has 0 heterocycles. The Kier molecular flexibility index (Phi) is 6.15. The molecule has 11 fully saturated rings. The van der Waals surface area contributed by atoms with Crippen LogP contribution in [0.25, 0.3) is 0 Å². The largest absolute Gasteiger partial charge is 0.442 e. The van der Waals surface area contributed by atoms with Crippen molar-refractivity contribution in [1.29, 1.82) is 0 Å². The van der Waals surface area contributed by atoms with Crippen LogP contribution in [0.1, 0.15) is 136 Å². The molecule has 6 atom stereocenters. The fraction of sp³-hybridized carbons (Fsp3) is 0.833. The van der Waals surface area contributed by atoms with Crippen LogP contribution in [0.3, 0.4) is 0 Å². The second kappa shape index (κ2) is 9.65. The maximum atomic E-state index is 15.5. The van der Waals surface area contributed by atoms with Crippen molar-refractivity contribution in [3.8, 4) is 0 Å². The van der Waals surface area contributed by atoms with Gasteiger partial charge in [0.15, 0.2) is 11.6 Å². The van der Waals surface area contributed by atoms with E-state index in [0.717, 1.165) is 73.2 Å². The summed E-state index contributed by atoms with van der Waals surface area (Å²) in [6.45, 7) is 6.92. The maximum absolute atomic E-state index is 15.5. The molecule has 0 aromatic heterocycles. The first-order valence-corrected chi connectivity index (χ1v) is 20.0. The van der Waals surface area contributed by atoms with Crippen molar-refractivity contribution in [3.63, 3.8) is 0 Å². The highest BCUT2D eigenvalue weighted by Crippen LogP contribution is 2.69. The van der Waals surface area contributed by atoms with Crippen molar-refractivity contribution in [2.75, 3.05) is 0 Å². The van der Waals surface area contributed by atoms with E-state index in [1.165, 1.54) is 77.0 Å². The molecule has 1 amide bonds. The predicted octanol–water partition coefficient (Wildman–Crippen LogP) is 9.00. The van der Waals surface area contributed by atoms with Gasteiger partial charge in [0, 0.05) is 33.9 Å². The SMILES string of the molecule is CC[C@]1(OC(=O)N(C23CC4CC(CC(C4)C2)C3)C23CC4CC(CC(C4)C2)C3)CCC2C3CC(=O)C4=CC(=O)C=C[C@]4(C)C3CC[C@@]21C. The lowest BCUT2D eigenvalue weighted by Gasteiger charge is -2.68. The topological polar surface area (TPSA) is 63.7 Å². The van der Waals surface area contributed by atoms with Crippen molar-refractivity contribution in [1.82, 2.24) is 4.90 Å². The van der Waals surface area contributed by atoms with Crippen molar-refractivity contribution in [2.45, 2.75) is 153 Å². The van der Waals surface area contributed by atoms with Crippen LogP contribution >= 0.6 is 0 Å². The van der Waals surface area contributed by atoms with Crippen LogP contribution in [0, 0.1) is 64.1 Å². The summed E-state index contributed by atoms with van der Waals surface area (Å²) >= 11 is 0. The minimum absolute atomic E-state index is 0.000867. The third kappa shape index (κ3) is 3.92. The second-order valence-electron chi connectivity index (χ2n) is 19.9. The van der Waals surface area contributed by atoms with E-state index in [1.807, 2.05) is 0 Å². The minimum atomic E-state index is -0.485. The Morgan fingerprint density at radius 1 is 0.787 bits per heavy atom. The number of carbonyl (C=O) groups is 3. The van der Waals surface area contributed by atoms with Gasteiger partial charge in [-0.3, -0.25) is 14.5 Å². The van der Waals surface area contributed by atoms with Crippen LogP contribution in [0.5, 0.6) is 0 Å². The molecule has 0 aliphatic heterocycles. The summed E-state index contributed by atoms with van der Waals surface area (Å²) < 4.78 is 7.35. The Balaban J connectivity index is 1.00. The van der Waals surface area contributed by atoms with Gasteiger partial charge >= 0.3 is 6.09 Å². The van der Waals surface area contributed by atoms with Gasteiger partial charge in [-0.05, 0) is 175 Å². The van der Waals surface area contributed by atoms with Gasteiger partial charge in [-0.1, -0.05) is 26.8 Å². The van der Waals surface area contributed by atoms with E-state index in [0.29, 0.717) is 18.3 Å². The lowest BCUT2D eigenvalue weighted by atomic mass is 9.47. The Labute approximate surface area is 282 Å². The van der Waals surface area contributed by atoms with E-state index < -0.39 is 5.60 Å². The number of fused-ring (bicyclic) bond motifs is 5. The molecule has 0 saturated heterocycles. The fourth-order valence-electron chi connectivity index (χ4n) is 16.7. The number of Topliss-reactive ketones (excluding diaryl/α,β-unsaturated/α-hetero) is 1. The Morgan fingerprint density at radius 3 is 1.81 bits per heavy atom. The quantitative estimate of drug-likeness (QED) is 0.308. The summed E-state index contributed by atoms with van der Waals surface area (Å²) in [6.07, 6.45) is 26.4. The Hall–Kier alpha value is -1.91. The molecule has 12 rings (SSSR count). The van der Waals surface area contributed by atoms with Crippen LogP contribution in [-0.2, 0) is 14.3 Å². The van der Waals surface area contributed by atoms with Gasteiger partial charge in [-0.15, -0.1) is 0 Å². The average molecular weight is 640 g/mol. The minimum Gasteiger partial charge on any atom is -0.442 e. The standard InChI is InChI=1S/C42H57NO4/c1-4-42(10-7-34-32-18-36(45)35-17-31(44)5-8-38(35,2)33(32)6-9-39(34,42)3)47-37(46)43(40-19-25-11-26(20-40)13-27(12-25)21-40)41-22-28-14-29(23-41)16-30(15-28)24-41/h5,8,17,25-30,32-34H,4,6-7,9-16,18-24H2,1-3H3/t25?,26?,27?,28?,29?,30?,32?,33?,34?,38-,39+,40?,41?,42+/m1/s1. The molecule has 0 aromatic rings. The number of hydrogen-bond donors (Lipinski definition) is 0. The van der Waals surface area contributed by atoms with Gasteiger partial charge in [-0.25, -0.2) is 4.79 Å². The molecule has 5 heteroatoms. The van der Waals surface area contributed by atoms with Crippen molar-refractivity contribution in [2.24, 2.45) is 64.1 Å². The lowest BCUT2D eigenvalue weighted by molar-refractivity contribution is -0.185. The summed E-state index contributed by atoms with van der Waals surface area (Å²) in [5.74, 6) is 5.86. The van der Waals surface area contributed by atoms with E-state index in [2.05, 4.69) is 31.7 Å². The van der Waals surface area contributed by atoms with Crippen LogP contribution in [-0.4, -0.2) is 39.2 Å². The van der Waals surface area contributed by atoms with Crippen molar-refractivity contribution in [3.05, 3.63) is 23.8 Å². The van der Waals surface area contributed by atoms with Crippen LogP contribution in [0.15, 0.2) is 23.8 Å². The second-order valence-corrected chi connectivity index (χ2v) is 19.9. The lowest BCUT2D eigenvalue weighted by Crippen LogP contribution is -2.72. The first-order chi connectivity index (χ1) is 22.5. The molecule has 11 saturated carbocycles. The van der Waals surface area contributed by atoms with Crippen molar-refractivity contribution >= 4 is 17.7 Å². The van der Waals surface area contributed by atoms with Crippen LogP contribution in [0.2, 0.25) is 0 Å². The zero-order valence-electron chi connectivity index (χ0n) is 29.2. The molecule has 0 spiro atoms. The number of ketones is 2. The molecule has 0 radical (unpaired) electrons. The molecule has 47 heavy (non-hydrogen) atoms. The Bertz CT molecular complexity index is 1370. The van der Waals surface area contributed by atoms with E-state index >= 15 is 4.79 Å². The summed E-state index contributed by atoms with van der Waals surface area (Å²) in [6, 6.07) is 0. The predicted molar refractivity (Wildman–Crippen MR) is 180 cm³/mol. The number of hydrogen-bond acceptors (Lipinski definition) is 4. The highest BCUT2D eigenvalue weighted by Gasteiger charge is 2.68. The van der Waals surface area contributed by atoms with Gasteiger partial charge in [-0.2, -0.15) is 0 Å². The highest BCUT2D eigenvalue weighted by molar-refractivity contribution is 6.10. The molecule has 8 bridgehead atoms. The zero-order valence-corrected chi connectivity index (χ0v) is 29.2. The number of rotatable bonds is 4. The molecule has 5 nitrogen and oxygen atoms in total. The molecule has 12 aliphatic rings. The van der Waals surface area contributed by atoms with E-state index in [1.54, 1.807) is 12.2 Å². The van der Waals surface area contributed by atoms with E-state index in [4.69, 9.17) is 4.74 Å². The Morgan fingerprint density at radius 2 is 1.30 bits per heavy atom. The van der Waals surface area contributed by atoms with Crippen LogP contribution in [0.4, 0.5) is 4.79 Å². The van der Waals surface area contributed by atoms with Gasteiger partial charge in [0.05, 0.1) is 0 Å². The number of allylic oxidation sites excluding steroid dienone is 4. The molecular weight excluding hydrogens is 582 g/mol. The van der Waals surface area contributed by atoms with Gasteiger partial charge in [0.1, 0.15) is 5.60 Å². The van der Waals surface area contributed by atoms with Gasteiger partial charge in [0.25, 0.3) is 0 Å². The number of amides is 1. The normalized spacial score (nSPS) is 54.6. The van der Waals surface area contributed by atoms with Crippen LogP contribution < -0.4 is 0 Å². The molecule has 254 valence electrons. The monoisotopic (exact) mass is 639 g/mol. The number of carbonyl (C=O) groups excluding carboxylic acids is 3. The summed E-state index contributed by atoms with van der Waals surface area (Å²) in [5, 5.41) is 0. The molecular formula is C42H57NO4. The number of nitrogens with zero attached hydrogens (tertiary/aromatic N) is 1. The summed E-state index contributed by atoms with van der Waals surface area (Å²) in [5.41, 5.74) is -0.248. The first-order valence-electron chi connectivity index (χ1n) is 20.0. The molecule has 0 N–H and O–H groups in total. The van der Waals surface area contributed by atoms with Gasteiger partial charge in [0.2, 0.25) is 0 Å². The van der Waals surface area contributed by atoms with Crippen molar-refractivity contribution < 1.29 is 19.1 Å². The highest BCUT2D eigenvalue weighted by atomic mass is 16.6. The third-order valence-electron chi connectivity index (χ3n) is 17.7. The average Bonchev–Trinajstić information content (AvgIpc) is 3.28. The number of ether oxygens (including phenoxy) is 1. The third-order valence-corrected chi connectivity index (χ3v) is 17.7. The molecule has 3 unspecified atom stereocenters. The molecule has 0 aromatic carbocycles. The maximum Gasteiger partial charge on any atom is 0.411 e. The van der Waals surface area contributed by atoms with E-state index in [-0.39, 0.29) is 45.5 Å². The van der Waals surface area contributed by atoms with E-state index in [9.17, 15) is 9.59 Å². The summed E-state index contributed by atoms with van der Waals surface area (Å²) in [7, 11) is 0. The molecule has 12 aliphatic carbocycles. The fourth-order valence-corrected chi connectivity index (χ4v) is 16.7. The smallest absolute Gasteiger partial charge is 0.411 e. The summed E-state index contributed by atoms with van der Waals surface area (Å²) in [4.78, 5) is 44.1. The zero-order chi connectivity index (χ0) is 32.1. The first kappa shape index (κ1) is 30.0.